The molecule has 296 valence electrons. The van der Waals surface area contributed by atoms with Gasteiger partial charge in [0.25, 0.3) is 0 Å². The van der Waals surface area contributed by atoms with Crippen LogP contribution < -0.4 is 5.32 Å². The molecule has 1 saturated heterocycles. The Morgan fingerprint density at radius 3 is 1.50 bits per heavy atom. The van der Waals surface area contributed by atoms with Crippen molar-refractivity contribution < 1.29 is 56.5 Å². The van der Waals surface area contributed by atoms with Crippen molar-refractivity contribution in [1.82, 2.24) is 5.32 Å². The van der Waals surface area contributed by atoms with Crippen LogP contribution in [-0.2, 0) is 56.5 Å². The Kier molecular flexibility index (Phi) is 15.6. The highest BCUT2D eigenvalue weighted by Crippen LogP contribution is 2.60. The predicted molar refractivity (Wildman–Crippen MR) is 195 cm³/mol. The molecular formula is C37H59ClNO12P. The van der Waals surface area contributed by atoms with Gasteiger partial charge < -0.3 is 32.7 Å². The van der Waals surface area contributed by atoms with E-state index in [1.165, 1.54) is 0 Å². The summed E-state index contributed by atoms with van der Waals surface area (Å²) in [4.78, 5) is 53.8. The summed E-state index contributed by atoms with van der Waals surface area (Å²) in [5.41, 5.74) is -3.63. The Balaban J connectivity index is 2.93. The van der Waals surface area contributed by atoms with Gasteiger partial charge in [-0.05, 0) is 115 Å². The summed E-state index contributed by atoms with van der Waals surface area (Å²) in [7, 11) is -4.09. The van der Waals surface area contributed by atoms with Crippen molar-refractivity contribution >= 4 is 43.1 Å². The van der Waals surface area contributed by atoms with Gasteiger partial charge in [0.2, 0.25) is 0 Å². The van der Waals surface area contributed by atoms with Crippen molar-refractivity contribution in [1.29, 1.82) is 0 Å². The monoisotopic (exact) mass is 775 g/mol. The number of benzene rings is 1. The van der Waals surface area contributed by atoms with Crippen LogP contribution in [-0.4, -0.2) is 74.3 Å². The summed E-state index contributed by atoms with van der Waals surface area (Å²) in [6, 6.07) is 6.43. The number of halogens is 1. The largest absolute Gasteiger partial charge is 0.462 e. The Bertz CT molecular complexity index is 1430. The van der Waals surface area contributed by atoms with Gasteiger partial charge in [-0.3, -0.25) is 29.1 Å². The van der Waals surface area contributed by atoms with Crippen molar-refractivity contribution in [2.24, 2.45) is 21.7 Å². The second-order valence-corrected chi connectivity index (χ2v) is 19.3. The Morgan fingerprint density at radius 2 is 1.10 bits per heavy atom. The van der Waals surface area contributed by atoms with Gasteiger partial charge in [-0.25, -0.2) is 0 Å². The van der Waals surface area contributed by atoms with E-state index in [0.29, 0.717) is 10.6 Å². The van der Waals surface area contributed by atoms with Gasteiger partial charge in [-0.1, -0.05) is 23.7 Å². The van der Waals surface area contributed by atoms with Gasteiger partial charge in [-0.2, -0.15) is 0 Å². The normalized spacial score (nSPS) is 22.2. The molecule has 2 rings (SSSR count). The Morgan fingerprint density at radius 1 is 0.692 bits per heavy atom. The highest BCUT2D eigenvalue weighted by Gasteiger charge is 2.56. The highest BCUT2D eigenvalue weighted by atomic mass is 35.5. The molecule has 1 aromatic rings. The quantitative estimate of drug-likeness (QED) is 0.120. The summed E-state index contributed by atoms with van der Waals surface area (Å²) in [6.07, 6.45) is -7.21. The number of ether oxygens (including phenoxy) is 5. The first-order valence-corrected chi connectivity index (χ1v) is 19.5. The molecule has 15 heteroatoms. The van der Waals surface area contributed by atoms with Crippen LogP contribution in [0.15, 0.2) is 24.3 Å². The SMILES string of the molecule is CCOP(=O)(OCC)[C@H](N[C@H]1O[C@H](COC(=O)C(C)(C)C)[C@H](OC(=O)C(C)(C)C)[C@H](OC(=O)C(C)(C)C)[C@H]1OC(=O)C(C)(C)C)c1ccc(Cl)cc1. The first-order chi connectivity index (χ1) is 23.7. The summed E-state index contributed by atoms with van der Waals surface area (Å²) in [6.45, 7) is 22.6. The molecular weight excluding hydrogens is 717 g/mol. The zero-order chi connectivity index (χ0) is 40.0. The molecule has 1 aromatic carbocycles. The van der Waals surface area contributed by atoms with Crippen molar-refractivity contribution in [2.75, 3.05) is 19.8 Å². The zero-order valence-corrected chi connectivity index (χ0v) is 34.8. The molecule has 52 heavy (non-hydrogen) atoms. The molecule has 0 saturated carbocycles. The summed E-state index contributed by atoms with van der Waals surface area (Å²) in [5, 5.41) is 3.59. The fraction of sp³-hybridized carbons (Fsp3) is 0.730. The molecule has 13 nitrogen and oxygen atoms in total. The molecule has 0 aromatic heterocycles. The van der Waals surface area contributed by atoms with E-state index in [4.69, 9.17) is 44.3 Å². The lowest BCUT2D eigenvalue weighted by Gasteiger charge is -2.47. The van der Waals surface area contributed by atoms with Gasteiger partial charge >= 0.3 is 31.5 Å². The molecule has 0 bridgehead atoms. The third-order valence-corrected chi connectivity index (χ3v) is 10.2. The van der Waals surface area contributed by atoms with E-state index in [2.05, 4.69) is 5.32 Å². The van der Waals surface area contributed by atoms with Crippen molar-refractivity contribution in [3.8, 4) is 0 Å². The standard InChI is InChI=1S/C37H59ClNO12P/c1-15-46-52(44,47-16-2)29(22-17-19-23(38)20-18-22)39-28-27(51-33(43)37(12,13)14)26(50-32(42)36(9,10)11)25(49-31(41)35(6,7)8)24(48-28)21-45-30(40)34(3,4)5/h17-20,24-29,39H,15-16,21H2,1-14H3/t24-,25+,26+,27-,28+,29+/m1/s1. The first kappa shape index (κ1) is 45.6. The maximum atomic E-state index is 14.6. The van der Waals surface area contributed by atoms with E-state index < -0.39 is 96.2 Å². The third-order valence-electron chi connectivity index (χ3n) is 7.63. The van der Waals surface area contributed by atoms with Crippen LogP contribution in [0.25, 0.3) is 0 Å². The van der Waals surface area contributed by atoms with Crippen LogP contribution in [0.2, 0.25) is 5.02 Å². The maximum absolute atomic E-state index is 14.6. The predicted octanol–water partition coefficient (Wildman–Crippen LogP) is 7.38. The first-order valence-electron chi connectivity index (χ1n) is 17.5. The molecule has 0 radical (unpaired) electrons. The second-order valence-electron chi connectivity index (χ2n) is 16.8. The lowest BCUT2D eigenvalue weighted by molar-refractivity contribution is -0.265. The average Bonchev–Trinajstić information content (AvgIpc) is 2.99. The number of nitrogens with one attached hydrogen (secondary N) is 1. The van der Waals surface area contributed by atoms with Gasteiger partial charge in [0.05, 0.1) is 34.9 Å². The van der Waals surface area contributed by atoms with E-state index in [0.717, 1.165) is 0 Å². The molecule has 6 atom stereocenters. The Labute approximate surface area is 313 Å². The molecule has 0 amide bonds. The topological polar surface area (TPSA) is 162 Å². The van der Waals surface area contributed by atoms with Crippen LogP contribution >= 0.6 is 19.2 Å². The lowest BCUT2D eigenvalue weighted by Crippen LogP contribution is -2.66. The molecule has 0 aliphatic carbocycles. The minimum atomic E-state index is -4.09. The molecule has 1 fully saturated rings. The summed E-state index contributed by atoms with van der Waals surface area (Å²) in [5.74, 6) is -3.93. The number of rotatable bonds is 13. The molecule has 0 unspecified atom stereocenters. The molecule has 1 heterocycles. The van der Waals surface area contributed by atoms with Gasteiger partial charge in [0.1, 0.15) is 18.5 Å². The number of hydrogen-bond donors (Lipinski definition) is 1. The number of carbonyl (C=O) groups excluding carboxylic acids is 4. The molecule has 1 aliphatic heterocycles. The van der Waals surface area contributed by atoms with Crippen LogP contribution in [0.3, 0.4) is 0 Å². The van der Waals surface area contributed by atoms with E-state index in [1.807, 2.05) is 0 Å². The van der Waals surface area contributed by atoms with Gasteiger partial charge in [-0.15, -0.1) is 0 Å². The second kappa shape index (κ2) is 17.7. The van der Waals surface area contributed by atoms with Crippen LogP contribution in [0.5, 0.6) is 0 Å². The Hall–Kier alpha value is -2.54. The minimum absolute atomic E-state index is 0.0129. The van der Waals surface area contributed by atoms with E-state index in [9.17, 15) is 23.7 Å². The minimum Gasteiger partial charge on any atom is -0.462 e. The number of hydrogen-bond acceptors (Lipinski definition) is 13. The smallest absolute Gasteiger partial charge is 0.352 e. The van der Waals surface area contributed by atoms with Crippen LogP contribution in [0.4, 0.5) is 0 Å². The van der Waals surface area contributed by atoms with E-state index in [-0.39, 0.29) is 13.2 Å². The average molecular weight is 776 g/mol. The fourth-order valence-electron chi connectivity index (χ4n) is 4.58. The van der Waals surface area contributed by atoms with Gasteiger partial charge in [0, 0.05) is 5.02 Å². The van der Waals surface area contributed by atoms with E-state index in [1.54, 1.807) is 121 Å². The maximum Gasteiger partial charge on any atom is 0.352 e. The van der Waals surface area contributed by atoms with Crippen molar-refractivity contribution in [3.05, 3.63) is 34.9 Å². The third kappa shape index (κ3) is 12.5. The van der Waals surface area contributed by atoms with Crippen molar-refractivity contribution in [2.45, 2.75) is 133 Å². The summed E-state index contributed by atoms with van der Waals surface area (Å²) < 4.78 is 56.6. The summed E-state index contributed by atoms with van der Waals surface area (Å²) >= 11 is 6.21. The van der Waals surface area contributed by atoms with Crippen molar-refractivity contribution in [3.63, 3.8) is 0 Å². The highest BCUT2D eigenvalue weighted by molar-refractivity contribution is 7.54. The van der Waals surface area contributed by atoms with Crippen LogP contribution in [0, 0.1) is 21.7 Å². The van der Waals surface area contributed by atoms with E-state index >= 15 is 0 Å². The zero-order valence-electron chi connectivity index (χ0n) is 33.1. The molecule has 1 N–H and O–H groups in total. The molecule has 1 aliphatic rings. The fourth-order valence-corrected chi connectivity index (χ4v) is 6.67. The molecule has 0 spiro atoms. The number of esters is 4. The lowest BCUT2D eigenvalue weighted by atomic mass is 9.92. The number of carbonyl (C=O) groups is 4. The van der Waals surface area contributed by atoms with Gasteiger partial charge in [0.15, 0.2) is 24.5 Å². The van der Waals surface area contributed by atoms with Crippen LogP contribution in [0.1, 0.15) is 108 Å².